The number of nitrogens with zero attached hydrogens (tertiary/aromatic N) is 2. The summed E-state index contributed by atoms with van der Waals surface area (Å²) < 4.78 is 11.6. The van der Waals surface area contributed by atoms with Crippen LogP contribution >= 0.6 is 27.3 Å². The Hall–Kier alpha value is -0.990. The largest absolute Gasteiger partial charge is 0.444 e. The van der Waals surface area contributed by atoms with E-state index >= 15 is 0 Å². The van der Waals surface area contributed by atoms with Crippen LogP contribution in [-0.2, 0) is 9.47 Å². The summed E-state index contributed by atoms with van der Waals surface area (Å²) in [5, 5.41) is 2.07. The summed E-state index contributed by atoms with van der Waals surface area (Å²) >= 11 is 4.46. The van der Waals surface area contributed by atoms with Crippen LogP contribution in [0.25, 0.3) is 0 Å². The van der Waals surface area contributed by atoms with E-state index < -0.39 is 23.5 Å². The third kappa shape index (κ3) is 3.67. The summed E-state index contributed by atoms with van der Waals surface area (Å²) in [7, 11) is 0. The van der Waals surface area contributed by atoms with E-state index in [0.29, 0.717) is 9.61 Å². The minimum Gasteiger partial charge on any atom is -0.444 e. The van der Waals surface area contributed by atoms with E-state index in [1.165, 1.54) is 16.2 Å². The highest BCUT2D eigenvalue weighted by molar-refractivity contribution is 9.10. The highest BCUT2D eigenvalue weighted by Crippen LogP contribution is 2.31. The predicted octanol–water partition coefficient (Wildman–Crippen LogP) is 3.46. The highest BCUT2D eigenvalue weighted by atomic mass is 79.9. The number of carbonyl (C=O) groups excluding carboxylic acids is 2. The number of aromatic nitrogens is 1. The third-order valence-corrected chi connectivity index (χ3v) is 4.63. The lowest BCUT2D eigenvalue weighted by Crippen LogP contribution is -2.52. The normalized spacial score (nSPS) is 21.0. The maximum atomic E-state index is 12.6. The quantitative estimate of drug-likeness (QED) is 0.723. The van der Waals surface area contributed by atoms with Crippen LogP contribution in [0.3, 0.4) is 0 Å². The molecule has 122 valence electrons. The van der Waals surface area contributed by atoms with Gasteiger partial charge in [0.2, 0.25) is 5.78 Å². The van der Waals surface area contributed by atoms with E-state index in [-0.39, 0.29) is 12.4 Å². The number of halogens is 1. The van der Waals surface area contributed by atoms with Crippen LogP contribution in [0, 0.1) is 0 Å². The third-order valence-electron chi connectivity index (χ3n) is 3.07. The molecule has 1 saturated heterocycles. The molecule has 0 aromatic carbocycles. The van der Waals surface area contributed by atoms with Gasteiger partial charge in [-0.1, -0.05) is 0 Å². The molecule has 1 atom stereocenters. The second-order valence-corrected chi connectivity index (χ2v) is 8.13. The molecule has 1 aromatic heterocycles. The Labute approximate surface area is 141 Å². The zero-order chi connectivity index (χ0) is 16.7. The van der Waals surface area contributed by atoms with Crippen molar-refractivity contribution in [1.29, 1.82) is 0 Å². The van der Waals surface area contributed by atoms with Crippen LogP contribution in [0.2, 0.25) is 0 Å². The summed E-state index contributed by atoms with van der Waals surface area (Å²) in [6, 6.07) is -0.733. The van der Waals surface area contributed by atoms with Gasteiger partial charge in [0, 0.05) is 5.38 Å². The van der Waals surface area contributed by atoms with E-state index in [0.717, 1.165) is 0 Å². The van der Waals surface area contributed by atoms with Crippen molar-refractivity contribution in [2.75, 3.05) is 6.61 Å². The maximum absolute atomic E-state index is 12.6. The summed E-state index contributed by atoms with van der Waals surface area (Å²) in [5.74, 6) is -0.243. The molecule has 22 heavy (non-hydrogen) atoms. The number of ketones is 1. The second-order valence-electron chi connectivity index (χ2n) is 6.46. The first-order valence-corrected chi connectivity index (χ1v) is 8.50. The summed E-state index contributed by atoms with van der Waals surface area (Å²) in [6.45, 7) is 8.95. The Morgan fingerprint density at radius 1 is 1.50 bits per heavy atom. The van der Waals surface area contributed by atoms with E-state index in [9.17, 15) is 9.59 Å². The first-order valence-electron chi connectivity index (χ1n) is 6.83. The van der Waals surface area contributed by atoms with Crippen LogP contribution in [-0.4, -0.2) is 45.7 Å². The number of ether oxygens (including phenoxy) is 2. The van der Waals surface area contributed by atoms with E-state index in [4.69, 9.17) is 9.47 Å². The molecule has 1 aromatic rings. The molecule has 0 radical (unpaired) electrons. The number of rotatable bonds is 2. The minimum absolute atomic E-state index is 0.127. The van der Waals surface area contributed by atoms with Gasteiger partial charge in [-0.2, -0.15) is 0 Å². The van der Waals surface area contributed by atoms with Gasteiger partial charge in [-0.25, -0.2) is 9.78 Å². The molecule has 0 N–H and O–H groups in total. The Kier molecular flexibility index (Phi) is 4.66. The summed E-state index contributed by atoms with van der Waals surface area (Å²) in [4.78, 5) is 30.6. The number of amides is 1. The van der Waals surface area contributed by atoms with Crippen LogP contribution in [0.5, 0.6) is 0 Å². The van der Waals surface area contributed by atoms with E-state index in [1.807, 2.05) is 0 Å². The lowest BCUT2D eigenvalue weighted by atomic mass is 10.1. The topological polar surface area (TPSA) is 68.7 Å². The van der Waals surface area contributed by atoms with Gasteiger partial charge in [-0.05, 0) is 50.5 Å². The summed E-state index contributed by atoms with van der Waals surface area (Å²) in [6.07, 6.45) is -0.566. The lowest BCUT2D eigenvalue weighted by molar-refractivity contribution is -0.0615. The van der Waals surface area contributed by atoms with Crippen molar-refractivity contribution in [3.63, 3.8) is 0 Å². The monoisotopic (exact) mass is 390 g/mol. The molecule has 1 fully saturated rings. The van der Waals surface area contributed by atoms with Gasteiger partial charge < -0.3 is 9.47 Å². The van der Waals surface area contributed by atoms with Crippen molar-refractivity contribution >= 4 is 39.1 Å². The average Bonchev–Trinajstić information content (AvgIpc) is 2.89. The van der Waals surface area contributed by atoms with Crippen LogP contribution in [0.1, 0.15) is 44.4 Å². The smallest absolute Gasteiger partial charge is 0.413 e. The molecule has 0 spiro atoms. The molecule has 0 unspecified atom stereocenters. The number of Topliss-reactive ketones (excluding diaryl/α,β-unsaturated/α-hetero) is 1. The van der Waals surface area contributed by atoms with E-state index in [2.05, 4.69) is 20.9 Å². The first-order chi connectivity index (χ1) is 10.0. The van der Waals surface area contributed by atoms with Crippen molar-refractivity contribution in [2.24, 2.45) is 0 Å². The molecule has 1 amide bonds. The molecule has 2 heterocycles. The van der Waals surface area contributed by atoms with Gasteiger partial charge in [0.15, 0.2) is 5.01 Å². The fraction of sp³-hybridized carbons (Fsp3) is 0.643. The number of thiazole rings is 1. The minimum atomic E-state index is -0.906. The molecule has 0 saturated carbocycles. The number of hydrogen-bond donors (Lipinski definition) is 0. The zero-order valence-electron chi connectivity index (χ0n) is 13.2. The van der Waals surface area contributed by atoms with Gasteiger partial charge in [0.05, 0.1) is 6.61 Å². The molecule has 0 aliphatic carbocycles. The Bertz CT molecular complexity index is 594. The van der Waals surface area contributed by atoms with Crippen LogP contribution in [0.4, 0.5) is 4.79 Å². The average molecular weight is 391 g/mol. The van der Waals surface area contributed by atoms with Gasteiger partial charge in [0.1, 0.15) is 22.0 Å². The molecule has 2 rings (SSSR count). The van der Waals surface area contributed by atoms with Crippen LogP contribution < -0.4 is 0 Å². The van der Waals surface area contributed by atoms with E-state index in [1.54, 1.807) is 40.0 Å². The second kappa shape index (κ2) is 5.90. The van der Waals surface area contributed by atoms with Crippen molar-refractivity contribution in [3.05, 3.63) is 15.0 Å². The maximum Gasteiger partial charge on any atom is 0.413 e. The van der Waals surface area contributed by atoms with Crippen LogP contribution in [0.15, 0.2) is 9.98 Å². The molecular formula is C14H19BrN2O4S. The van der Waals surface area contributed by atoms with Gasteiger partial charge in [0.25, 0.3) is 0 Å². The molecule has 0 bridgehead atoms. The molecular weight excluding hydrogens is 372 g/mol. The van der Waals surface area contributed by atoms with Crippen molar-refractivity contribution in [1.82, 2.24) is 9.88 Å². The Morgan fingerprint density at radius 3 is 2.64 bits per heavy atom. The van der Waals surface area contributed by atoms with Gasteiger partial charge in [-0.15, -0.1) is 11.3 Å². The van der Waals surface area contributed by atoms with Gasteiger partial charge >= 0.3 is 6.09 Å². The fourth-order valence-corrected chi connectivity index (χ4v) is 3.40. The van der Waals surface area contributed by atoms with Crippen molar-refractivity contribution in [3.8, 4) is 0 Å². The first kappa shape index (κ1) is 17.4. The number of carbonyl (C=O) groups is 2. The fourth-order valence-electron chi connectivity index (χ4n) is 2.16. The lowest BCUT2D eigenvalue weighted by Gasteiger charge is -2.34. The van der Waals surface area contributed by atoms with Gasteiger partial charge in [-0.3, -0.25) is 9.69 Å². The van der Waals surface area contributed by atoms with Crippen molar-refractivity contribution < 1.29 is 19.1 Å². The Morgan fingerprint density at radius 2 is 2.14 bits per heavy atom. The molecule has 8 heteroatoms. The SMILES string of the molecule is CC(C)(C)OC(=O)N1[C@@H](C(=O)c2nc(Br)cs2)COC1(C)C. The summed E-state index contributed by atoms with van der Waals surface area (Å²) in [5.41, 5.74) is -1.55. The number of hydrogen-bond acceptors (Lipinski definition) is 6. The zero-order valence-corrected chi connectivity index (χ0v) is 15.6. The predicted molar refractivity (Wildman–Crippen MR) is 86.0 cm³/mol. The molecule has 6 nitrogen and oxygen atoms in total. The molecule has 1 aliphatic rings. The Balaban J connectivity index is 2.26. The highest BCUT2D eigenvalue weighted by Gasteiger charge is 2.49. The van der Waals surface area contributed by atoms with Crippen molar-refractivity contribution in [2.45, 2.75) is 52.0 Å². The standard InChI is InChI=1S/C14H19BrN2O4S/c1-13(2,3)21-12(19)17-8(6-20-14(17,4)5)10(18)11-16-9(15)7-22-11/h7-8H,6H2,1-5H3/t8-/m1/s1. The molecule has 1 aliphatic heterocycles.